The summed E-state index contributed by atoms with van der Waals surface area (Å²) in [7, 11) is 0. The van der Waals surface area contributed by atoms with Gasteiger partial charge in [0, 0.05) is 18.8 Å². The molecule has 14 heavy (non-hydrogen) atoms. The SMILES string of the molecule is CC1=CC=CCN1Cc1ccccc1. The number of hydrogen-bond donors (Lipinski definition) is 0. The molecule has 0 unspecified atom stereocenters. The van der Waals surface area contributed by atoms with Crippen LogP contribution in [-0.4, -0.2) is 11.4 Å². The van der Waals surface area contributed by atoms with Crippen LogP contribution in [-0.2, 0) is 6.54 Å². The molecule has 0 saturated heterocycles. The van der Waals surface area contributed by atoms with Crippen molar-refractivity contribution in [3.63, 3.8) is 0 Å². The van der Waals surface area contributed by atoms with Crippen LogP contribution in [0.25, 0.3) is 0 Å². The quantitative estimate of drug-likeness (QED) is 0.684. The number of benzene rings is 1. The Morgan fingerprint density at radius 3 is 2.71 bits per heavy atom. The topological polar surface area (TPSA) is 3.24 Å². The van der Waals surface area contributed by atoms with Gasteiger partial charge in [-0.05, 0) is 18.6 Å². The highest BCUT2D eigenvalue weighted by Gasteiger charge is 2.06. The van der Waals surface area contributed by atoms with E-state index in [1.165, 1.54) is 11.3 Å². The predicted octanol–water partition coefficient (Wildman–Crippen LogP) is 2.96. The Morgan fingerprint density at radius 1 is 1.21 bits per heavy atom. The molecule has 72 valence electrons. The van der Waals surface area contributed by atoms with E-state index in [-0.39, 0.29) is 0 Å². The smallest absolute Gasteiger partial charge is 0.0429 e. The molecule has 0 saturated carbocycles. The molecule has 2 rings (SSSR count). The summed E-state index contributed by atoms with van der Waals surface area (Å²) in [5.74, 6) is 0. The Bertz CT molecular complexity index is 349. The Morgan fingerprint density at radius 2 is 2.00 bits per heavy atom. The Hall–Kier alpha value is -1.50. The molecule has 0 aliphatic carbocycles. The Kier molecular flexibility index (Phi) is 2.68. The van der Waals surface area contributed by atoms with Crippen molar-refractivity contribution in [1.29, 1.82) is 0 Å². The van der Waals surface area contributed by atoms with E-state index in [9.17, 15) is 0 Å². The number of hydrogen-bond acceptors (Lipinski definition) is 1. The summed E-state index contributed by atoms with van der Waals surface area (Å²) in [5, 5.41) is 0. The van der Waals surface area contributed by atoms with Crippen LogP contribution in [0.2, 0.25) is 0 Å². The fourth-order valence-electron chi connectivity index (χ4n) is 1.64. The highest BCUT2D eigenvalue weighted by atomic mass is 15.1. The molecular formula is C13H15N. The monoisotopic (exact) mass is 185 g/mol. The first-order valence-electron chi connectivity index (χ1n) is 4.98. The second-order valence-electron chi connectivity index (χ2n) is 3.60. The van der Waals surface area contributed by atoms with Crippen LogP contribution in [0.4, 0.5) is 0 Å². The lowest BCUT2D eigenvalue weighted by atomic mass is 10.2. The van der Waals surface area contributed by atoms with Crippen molar-refractivity contribution in [3.05, 3.63) is 59.8 Å². The van der Waals surface area contributed by atoms with Gasteiger partial charge in [0.2, 0.25) is 0 Å². The lowest BCUT2D eigenvalue weighted by Crippen LogP contribution is -2.22. The zero-order valence-electron chi connectivity index (χ0n) is 8.48. The standard InChI is InChI=1S/C13H15N/c1-12-7-5-6-10-14(12)11-13-8-3-2-4-9-13/h2-9H,10-11H2,1H3. The lowest BCUT2D eigenvalue weighted by molar-refractivity contribution is 0.370. The summed E-state index contributed by atoms with van der Waals surface area (Å²) in [5.41, 5.74) is 2.71. The fourth-order valence-corrected chi connectivity index (χ4v) is 1.64. The van der Waals surface area contributed by atoms with Gasteiger partial charge in [-0.2, -0.15) is 0 Å². The number of rotatable bonds is 2. The van der Waals surface area contributed by atoms with Crippen molar-refractivity contribution in [3.8, 4) is 0 Å². The van der Waals surface area contributed by atoms with Crippen molar-refractivity contribution in [2.45, 2.75) is 13.5 Å². The molecule has 0 spiro atoms. The molecule has 0 radical (unpaired) electrons. The largest absolute Gasteiger partial charge is 0.367 e. The molecule has 0 amide bonds. The molecule has 1 heteroatoms. The van der Waals surface area contributed by atoms with Gasteiger partial charge in [-0.1, -0.05) is 42.5 Å². The van der Waals surface area contributed by atoms with Crippen LogP contribution in [0.5, 0.6) is 0 Å². The van der Waals surface area contributed by atoms with Gasteiger partial charge in [-0.15, -0.1) is 0 Å². The van der Waals surface area contributed by atoms with Gasteiger partial charge in [-0.25, -0.2) is 0 Å². The number of nitrogens with zero attached hydrogens (tertiary/aromatic N) is 1. The molecule has 1 aliphatic rings. The molecule has 0 fully saturated rings. The van der Waals surface area contributed by atoms with Crippen molar-refractivity contribution < 1.29 is 0 Å². The maximum atomic E-state index is 2.37. The first kappa shape index (κ1) is 9.07. The van der Waals surface area contributed by atoms with Gasteiger partial charge in [0.25, 0.3) is 0 Å². The van der Waals surface area contributed by atoms with Crippen LogP contribution in [0.1, 0.15) is 12.5 Å². The van der Waals surface area contributed by atoms with E-state index >= 15 is 0 Å². The van der Waals surface area contributed by atoms with Crippen LogP contribution < -0.4 is 0 Å². The number of allylic oxidation sites excluding steroid dienone is 3. The van der Waals surface area contributed by atoms with Crippen molar-refractivity contribution in [1.82, 2.24) is 4.90 Å². The molecule has 1 heterocycles. The highest BCUT2D eigenvalue weighted by Crippen LogP contribution is 2.13. The van der Waals surface area contributed by atoms with E-state index < -0.39 is 0 Å². The zero-order valence-corrected chi connectivity index (χ0v) is 8.48. The Labute approximate surface area is 85.4 Å². The van der Waals surface area contributed by atoms with E-state index in [4.69, 9.17) is 0 Å². The van der Waals surface area contributed by atoms with Gasteiger partial charge < -0.3 is 4.90 Å². The minimum atomic E-state index is 1.01. The van der Waals surface area contributed by atoms with Gasteiger partial charge in [0.05, 0.1) is 0 Å². The molecular weight excluding hydrogens is 170 g/mol. The van der Waals surface area contributed by atoms with E-state index in [1.807, 2.05) is 0 Å². The molecule has 0 atom stereocenters. The average molecular weight is 185 g/mol. The minimum absolute atomic E-state index is 1.01. The first-order valence-corrected chi connectivity index (χ1v) is 4.98. The second-order valence-corrected chi connectivity index (χ2v) is 3.60. The van der Waals surface area contributed by atoms with Gasteiger partial charge >= 0.3 is 0 Å². The molecule has 1 nitrogen and oxygen atoms in total. The fraction of sp³-hybridized carbons (Fsp3) is 0.231. The molecule has 1 aliphatic heterocycles. The average Bonchev–Trinajstić information content (AvgIpc) is 2.23. The predicted molar refractivity (Wildman–Crippen MR) is 59.7 cm³/mol. The van der Waals surface area contributed by atoms with Crippen LogP contribution in [0.15, 0.2) is 54.3 Å². The first-order chi connectivity index (χ1) is 6.86. The van der Waals surface area contributed by atoms with Crippen LogP contribution >= 0.6 is 0 Å². The third-order valence-electron chi connectivity index (χ3n) is 2.51. The minimum Gasteiger partial charge on any atom is -0.367 e. The maximum Gasteiger partial charge on any atom is 0.0429 e. The molecule has 0 N–H and O–H groups in total. The summed E-state index contributed by atoms with van der Waals surface area (Å²) >= 11 is 0. The molecule has 0 aromatic heterocycles. The van der Waals surface area contributed by atoms with E-state index in [0.717, 1.165) is 13.1 Å². The molecule has 1 aromatic carbocycles. The zero-order chi connectivity index (χ0) is 9.80. The van der Waals surface area contributed by atoms with Crippen LogP contribution in [0.3, 0.4) is 0 Å². The highest BCUT2D eigenvalue weighted by molar-refractivity contribution is 5.20. The normalized spacial score (nSPS) is 15.5. The van der Waals surface area contributed by atoms with Gasteiger partial charge in [-0.3, -0.25) is 0 Å². The van der Waals surface area contributed by atoms with E-state index in [0.29, 0.717) is 0 Å². The maximum absolute atomic E-state index is 2.37. The molecule has 0 bridgehead atoms. The van der Waals surface area contributed by atoms with Gasteiger partial charge in [0.15, 0.2) is 0 Å². The van der Waals surface area contributed by atoms with Gasteiger partial charge in [0.1, 0.15) is 0 Å². The summed E-state index contributed by atoms with van der Waals surface area (Å²) in [4.78, 5) is 2.37. The summed E-state index contributed by atoms with van der Waals surface area (Å²) in [6.45, 7) is 4.19. The summed E-state index contributed by atoms with van der Waals surface area (Å²) < 4.78 is 0. The third kappa shape index (κ3) is 2.05. The van der Waals surface area contributed by atoms with Crippen LogP contribution in [0, 0.1) is 0 Å². The van der Waals surface area contributed by atoms with Crippen molar-refractivity contribution in [2.75, 3.05) is 6.54 Å². The van der Waals surface area contributed by atoms with E-state index in [2.05, 4.69) is 60.4 Å². The second kappa shape index (κ2) is 4.14. The van der Waals surface area contributed by atoms with Crippen molar-refractivity contribution in [2.24, 2.45) is 0 Å². The summed E-state index contributed by atoms with van der Waals surface area (Å²) in [6.07, 6.45) is 6.47. The summed E-state index contributed by atoms with van der Waals surface area (Å²) in [6, 6.07) is 10.6. The molecule has 1 aromatic rings. The van der Waals surface area contributed by atoms with Crippen molar-refractivity contribution >= 4 is 0 Å². The Balaban J connectivity index is 2.05. The lowest BCUT2D eigenvalue weighted by Gasteiger charge is -2.26. The third-order valence-corrected chi connectivity index (χ3v) is 2.51. The van der Waals surface area contributed by atoms with E-state index in [1.54, 1.807) is 0 Å².